The molecule has 1 aliphatic rings. The molecule has 0 bridgehead atoms. The van der Waals surface area contributed by atoms with Gasteiger partial charge in [0.05, 0.1) is 22.5 Å². The largest absolute Gasteiger partial charge is 0.493 e. The van der Waals surface area contributed by atoms with Crippen molar-refractivity contribution in [2.24, 2.45) is 0 Å². The Balaban J connectivity index is 1.56. The number of imidazole rings is 1. The number of aromatic amines is 2. The number of H-pyrrole nitrogens is 2. The minimum absolute atomic E-state index is 0.106. The lowest BCUT2D eigenvalue weighted by molar-refractivity contribution is 0.357. The van der Waals surface area contributed by atoms with Gasteiger partial charge in [0.25, 0.3) is 0 Å². The summed E-state index contributed by atoms with van der Waals surface area (Å²) in [7, 11) is -3.67. The Bertz CT molecular complexity index is 1080. The molecule has 2 heterocycles. The Kier molecular flexibility index (Phi) is 3.43. The third-order valence-corrected chi connectivity index (χ3v) is 5.42. The van der Waals surface area contributed by atoms with Gasteiger partial charge in [-0.1, -0.05) is 12.1 Å². The van der Waals surface area contributed by atoms with Crippen molar-refractivity contribution < 1.29 is 13.2 Å². The minimum atomic E-state index is -3.67. The van der Waals surface area contributed by atoms with E-state index in [9.17, 15) is 13.2 Å². The van der Waals surface area contributed by atoms with Gasteiger partial charge in [0.1, 0.15) is 5.75 Å². The van der Waals surface area contributed by atoms with Gasteiger partial charge in [-0.05, 0) is 35.4 Å². The van der Waals surface area contributed by atoms with Crippen LogP contribution in [0.25, 0.3) is 11.0 Å². The van der Waals surface area contributed by atoms with E-state index in [-0.39, 0.29) is 17.1 Å². The summed E-state index contributed by atoms with van der Waals surface area (Å²) in [6.07, 6.45) is 0.841. The van der Waals surface area contributed by atoms with Gasteiger partial charge < -0.3 is 14.7 Å². The van der Waals surface area contributed by atoms with E-state index < -0.39 is 10.0 Å². The number of ether oxygens (including phenoxy) is 1. The first kappa shape index (κ1) is 15.0. The highest BCUT2D eigenvalue weighted by molar-refractivity contribution is 7.89. The second kappa shape index (κ2) is 5.50. The molecule has 3 aromatic rings. The van der Waals surface area contributed by atoms with Crippen LogP contribution in [0.1, 0.15) is 11.1 Å². The lowest BCUT2D eigenvalue weighted by Gasteiger charge is -2.08. The van der Waals surface area contributed by atoms with Gasteiger partial charge in [-0.15, -0.1) is 0 Å². The summed E-state index contributed by atoms with van der Waals surface area (Å²) in [6.45, 7) is 0.858. The zero-order valence-corrected chi connectivity index (χ0v) is 13.4. The molecule has 0 saturated heterocycles. The summed E-state index contributed by atoms with van der Waals surface area (Å²) in [4.78, 5) is 16.5. The number of hydrogen-bond acceptors (Lipinski definition) is 4. The van der Waals surface area contributed by atoms with Crippen LogP contribution < -0.4 is 15.1 Å². The lowest BCUT2D eigenvalue weighted by Crippen LogP contribution is -2.23. The Labute approximate surface area is 137 Å². The van der Waals surface area contributed by atoms with Crippen molar-refractivity contribution >= 4 is 21.1 Å². The SMILES string of the molecule is O=c1[nH]c2ccc(S(=O)(=O)NCc3ccc4c(c3)CCO4)cc2[nH]1. The van der Waals surface area contributed by atoms with Crippen LogP contribution in [0.3, 0.4) is 0 Å². The van der Waals surface area contributed by atoms with Gasteiger partial charge in [0.15, 0.2) is 0 Å². The molecule has 1 aromatic heterocycles. The second-order valence-electron chi connectivity index (χ2n) is 5.65. The van der Waals surface area contributed by atoms with Gasteiger partial charge in [-0.25, -0.2) is 17.9 Å². The van der Waals surface area contributed by atoms with Crippen LogP contribution in [0, 0.1) is 0 Å². The average molecular weight is 345 g/mol. The van der Waals surface area contributed by atoms with Crippen molar-refractivity contribution in [2.75, 3.05) is 6.61 Å². The summed E-state index contributed by atoms with van der Waals surface area (Å²) < 4.78 is 32.9. The molecule has 0 saturated carbocycles. The quantitative estimate of drug-likeness (QED) is 0.662. The maximum Gasteiger partial charge on any atom is 0.323 e. The van der Waals surface area contributed by atoms with Crippen LogP contribution in [0.2, 0.25) is 0 Å². The van der Waals surface area contributed by atoms with E-state index in [1.165, 1.54) is 12.1 Å². The van der Waals surface area contributed by atoms with Crippen LogP contribution in [-0.2, 0) is 23.0 Å². The zero-order valence-electron chi connectivity index (χ0n) is 12.6. The molecular weight excluding hydrogens is 330 g/mol. The molecule has 0 fully saturated rings. The molecule has 0 aliphatic carbocycles. The highest BCUT2D eigenvalue weighted by Gasteiger charge is 2.16. The standard InChI is InChI=1S/C16H15N3O4S/c20-16-18-13-3-2-12(8-14(13)19-16)24(21,22)17-9-10-1-4-15-11(7-10)5-6-23-15/h1-4,7-8,17H,5-6,9H2,(H2,18,19,20). The highest BCUT2D eigenvalue weighted by Crippen LogP contribution is 2.26. The van der Waals surface area contributed by atoms with Crippen molar-refractivity contribution in [1.82, 2.24) is 14.7 Å². The van der Waals surface area contributed by atoms with Crippen molar-refractivity contribution in [2.45, 2.75) is 17.9 Å². The number of sulfonamides is 1. The molecule has 8 heteroatoms. The Hall–Kier alpha value is -2.58. The maximum atomic E-state index is 12.5. The summed E-state index contributed by atoms with van der Waals surface area (Å²) in [5.41, 5.74) is 2.62. The molecule has 0 radical (unpaired) electrons. The molecule has 3 N–H and O–H groups in total. The van der Waals surface area contributed by atoms with Crippen molar-refractivity contribution in [1.29, 1.82) is 0 Å². The number of rotatable bonds is 4. The average Bonchev–Trinajstić information content (AvgIpc) is 3.16. The van der Waals surface area contributed by atoms with Crippen LogP contribution in [0.15, 0.2) is 46.1 Å². The number of nitrogens with one attached hydrogen (secondary N) is 3. The minimum Gasteiger partial charge on any atom is -0.493 e. The van der Waals surface area contributed by atoms with E-state index in [0.717, 1.165) is 23.3 Å². The van der Waals surface area contributed by atoms with E-state index in [4.69, 9.17) is 4.74 Å². The first-order chi connectivity index (χ1) is 11.5. The third kappa shape index (κ3) is 2.70. The molecule has 24 heavy (non-hydrogen) atoms. The monoisotopic (exact) mass is 345 g/mol. The van der Waals surface area contributed by atoms with Crippen molar-refractivity contribution in [3.05, 3.63) is 58.0 Å². The smallest absolute Gasteiger partial charge is 0.323 e. The molecule has 0 spiro atoms. The molecule has 4 rings (SSSR count). The summed E-state index contributed by atoms with van der Waals surface area (Å²) in [5, 5.41) is 0. The summed E-state index contributed by atoms with van der Waals surface area (Å²) >= 11 is 0. The number of aromatic nitrogens is 2. The van der Waals surface area contributed by atoms with Gasteiger partial charge in [0.2, 0.25) is 10.0 Å². The predicted molar refractivity (Wildman–Crippen MR) is 88.6 cm³/mol. The molecule has 7 nitrogen and oxygen atoms in total. The molecular formula is C16H15N3O4S. The fraction of sp³-hybridized carbons (Fsp3) is 0.188. The summed E-state index contributed by atoms with van der Waals surface area (Å²) in [5.74, 6) is 0.864. The van der Waals surface area contributed by atoms with Gasteiger partial charge >= 0.3 is 5.69 Å². The normalized spacial score (nSPS) is 13.8. The van der Waals surface area contributed by atoms with E-state index >= 15 is 0 Å². The van der Waals surface area contributed by atoms with E-state index in [1.54, 1.807) is 6.07 Å². The van der Waals surface area contributed by atoms with Gasteiger partial charge in [-0.3, -0.25) is 0 Å². The number of fused-ring (bicyclic) bond motifs is 2. The molecule has 2 aromatic carbocycles. The fourth-order valence-electron chi connectivity index (χ4n) is 2.79. The van der Waals surface area contributed by atoms with E-state index in [0.29, 0.717) is 17.6 Å². The van der Waals surface area contributed by atoms with Crippen LogP contribution in [0.4, 0.5) is 0 Å². The first-order valence-corrected chi connectivity index (χ1v) is 8.96. The van der Waals surface area contributed by atoms with E-state index in [2.05, 4.69) is 14.7 Å². The van der Waals surface area contributed by atoms with Crippen LogP contribution >= 0.6 is 0 Å². The Morgan fingerprint density at radius 1 is 1.08 bits per heavy atom. The zero-order chi connectivity index (χ0) is 16.7. The fourth-order valence-corrected chi connectivity index (χ4v) is 3.83. The topological polar surface area (TPSA) is 104 Å². The summed E-state index contributed by atoms with van der Waals surface area (Å²) in [6, 6.07) is 10.1. The number of hydrogen-bond donors (Lipinski definition) is 3. The maximum absolute atomic E-state index is 12.5. The van der Waals surface area contributed by atoms with Gasteiger partial charge in [-0.2, -0.15) is 0 Å². The molecule has 0 unspecified atom stereocenters. The van der Waals surface area contributed by atoms with Crippen LogP contribution in [0.5, 0.6) is 5.75 Å². The molecule has 124 valence electrons. The lowest BCUT2D eigenvalue weighted by atomic mass is 10.1. The Morgan fingerprint density at radius 2 is 1.92 bits per heavy atom. The first-order valence-electron chi connectivity index (χ1n) is 7.48. The third-order valence-electron chi connectivity index (χ3n) is 4.02. The predicted octanol–water partition coefficient (Wildman–Crippen LogP) is 1.27. The molecule has 0 amide bonds. The van der Waals surface area contributed by atoms with Crippen molar-refractivity contribution in [3.8, 4) is 5.75 Å². The van der Waals surface area contributed by atoms with Crippen molar-refractivity contribution in [3.63, 3.8) is 0 Å². The molecule has 0 atom stereocenters. The van der Waals surface area contributed by atoms with E-state index in [1.807, 2.05) is 18.2 Å². The highest BCUT2D eigenvalue weighted by atomic mass is 32.2. The second-order valence-corrected chi connectivity index (χ2v) is 7.42. The van der Waals surface area contributed by atoms with Crippen LogP contribution in [-0.4, -0.2) is 25.0 Å². The number of benzene rings is 2. The van der Waals surface area contributed by atoms with Gasteiger partial charge in [0, 0.05) is 13.0 Å². The Morgan fingerprint density at radius 3 is 2.79 bits per heavy atom. The molecule has 1 aliphatic heterocycles.